The lowest BCUT2D eigenvalue weighted by molar-refractivity contribution is -0.0704. The third-order valence-corrected chi connectivity index (χ3v) is 4.39. The number of hydrogen-bond donors (Lipinski definition) is 2. The number of hydrogen-bond acceptors (Lipinski definition) is 4. The number of anilines is 1. The van der Waals surface area contributed by atoms with E-state index in [1.807, 2.05) is 31.2 Å². The van der Waals surface area contributed by atoms with E-state index in [0.717, 1.165) is 30.9 Å². The number of rotatable bonds is 6. The Morgan fingerprint density at radius 3 is 2.50 bits per heavy atom. The van der Waals surface area contributed by atoms with Crippen LogP contribution in [0.5, 0.6) is 0 Å². The number of amides is 2. The van der Waals surface area contributed by atoms with E-state index in [1.54, 1.807) is 18.7 Å². The van der Waals surface area contributed by atoms with Crippen LogP contribution in [0, 0.1) is 0 Å². The topological polar surface area (TPSA) is 65.0 Å². The Morgan fingerprint density at radius 1 is 1.31 bits per heavy atom. The lowest BCUT2D eigenvalue weighted by Crippen LogP contribution is -2.45. The average molecular weight is 364 g/mol. The summed E-state index contributed by atoms with van der Waals surface area (Å²) in [6, 6.07) is 7.71. The van der Waals surface area contributed by atoms with Crippen LogP contribution in [-0.2, 0) is 11.3 Å². The molecule has 146 valence electrons. The molecule has 0 aromatic heterocycles. The molecule has 2 rings (SSSR count). The zero-order chi connectivity index (χ0) is 19.3. The van der Waals surface area contributed by atoms with Crippen LogP contribution in [0.4, 0.5) is 10.5 Å². The molecule has 1 saturated heterocycles. The number of nitrogens with one attached hydrogen (secondary N) is 1. The van der Waals surface area contributed by atoms with E-state index in [1.165, 1.54) is 0 Å². The van der Waals surface area contributed by atoms with Gasteiger partial charge in [-0.15, -0.1) is 0 Å². The highest BCUT2D eigenvalue weighted by molar-refractivity contribution is 5.90. The Labute approximate surface area is 157 Å². The molecule has 1 aromatic carbocycles. The largest absolute Gasteiger partial charge is 0.389 e. The molecule has 2 amide bonds. The van der Waals surface area contributed by atoms with Gasteiger partial charge in [0.1, 0.15) is 0 Å². The number of carbonyl (C=O) groups excluding carboxylic acids is 1. The molecule has 6 heteroatoms. The van der Waals surface area contributed by atoms with Crippen LogP contribution in [-0.4, -0.2) is 64.9 Å². The van der Waals surface area contributed by atoms with Crippen LogP contribution >= 0.6 is 0 Å². The fourth-order valence-corrected chi connectivity index (χ4v) is 3.42. The summed E-state index contributed by atoms with van der Waals surface area (Å²) >= 11 is 0. The van der Waals surface area contributed by atoms with E-state index in [-0.39, 0.29) is 24.8 Å². The quantitative estimate of drug-likeness (QED) is 0.816. The number of nitrogens with zero attached hydrogens (tertiary/aromatic N) is 2. The summed E-state index contributed by atoms with van der Waals surface area (Å²) in [5.74, 6) is 0. The van der Waals surface area contributed by atoms with Crippen LogP contribution in [0.1, 0.15) is 40.2 Å². The molecule has 1 heterocycles. The van der Waals surface area contributed by atoms with Crippen LogP contribution < -0.4 is 5.32 Å². The van der Waals surface area contributed by atoms with Crippen LogP contribution in [0.2, 0.25) is 0 Å². The van der Waals surface area contributed by atoms with E-state index in [0.29, 0.717) is 6.54 Å². The second kappa shape index (κ2) is 8.84. The molecular formula is C20H33N3O3. The fourth-order valence-electron chi connectivity index (χ4n) is 3.42. The molecule has 2 atom stereocenters. The SMILES string of the molecule is CCN(CC(C)(C)O)C(=O)Nc1ccccc1CN1C[C@@H](C)O[C@H](C)C1. The number of para-hydroxylation sites is 1. The summed E-state index contributed by atoms with van der Waals surface area (Å²) in [7, 11) is 0. The highest BCUT2D eigenvalue weighted by atomic mass is 16.5. The summed E-state index contributed by atoms with van der Waals surface area (Å²) in [6.07, 6.45) is 0.422. The minimum absolute atomic E-state index is 0.189. The van der Waals surface area contributed by atoms with Gasteiger partial charge in [-0.05, 0) is 46.2 Å². The van der Waals surface area contributed by atoms with Crippen molar-refractivity contribution in [3.63, 3.8) is 0 Å². The first-order chi connectivity index (χ1) is 12.2. The second-order valence-corrected chi connectivity index (χ2v) is 7.87. The van der Waals surface area contributed by atoms with Crippen molar-refractivity contribution in [1.29, 1.82) is 0 Å². The van der Waals surface area contributed by atoms with Crippen molar-refractivity contribution < 1.29 is 14.6 Å². The van der Waals surface area contributed by atoms with Gasteiger partial charge in [0.15, 0.2) is 0 Å². The summed E-state index contributed by atoms with van der Waals surface area (Å²) in [5.41, 5.74) is 0.979. The summed E-state index contributed by atoms with van der Waals surface area (Å²) in [5, 5.41) is 13.0. The molecule has 0 aliphatic carbocycles. The number of benzene rings is 1. The molecule has 1 aliphatic heterocycles. The van der Waals surface area contributed by atoms with Crippen molar-refractivity contribution in [3.05, 3.63) is 29.8 Å². The maximum absolute atomic E-state index is 12.6. The third-order valence-electron chi connectivity index (χ3n) is 4.39. The van der Waals surface area contributed by atoms with Crippen molar-refractivity contribution in [2.75, 3.05) is 31.5 Å². The molecule has 26 heavy (non-hydrogen) atoms. The molecular weight excluding hydrogens is 330 g/mol. The Kier molecular flexibility index (Phi) is 7.03. The first-order valence-corrected chi connectivity index (χ1v) is 9.42. The van der Waals surface area contributed by atoms with Crippen molar-refractivity contribution in [2.45, 2.75) is 59.0 Å². The third kappa shape index (κ3) is 6.27. The molecule has 1 aromatic rings. The van der Waals surface area contributed by atoms with Crippen molar-refractivity contribution in [3.8, 4) is 0 Å². The first kappa shape index (κ1) is 20.7. The molecule has 0 bridgehead atoms. The number of urea groups is 1. The van der Waals surface area contributed by atoms with Crippen LogP contribution in [0.15, 0.2) is 24.3 Å². The van der Waals surface area contributed by atoms with Crippen molar-refractivity contribution >= 4 is 11.7 Å². The fraction of sp³-hybridized carbons (Fsp3) is 0.650. The normalized spacial score (nSPS) is 21.5. The summed E-state index contributed by atoms with van der Waals surface area (Å²) in [6.45, 7) is 12.9. The van der Waals surface area contributed by atoms with Gasteiger partial charge in [0.05, 0.1) is 24.4 Å². The highest BCUT2D eigenvalue weighted by Gasteiger charge is 2.24. The standard InChI is InChI=1S/C20H33N3O3/c1-6-23(14-20(4,5)25)19(24)21-18-10-8-7-9-17(18)13-22-11-15(2)26-16(3)12-22/h7-10,15-16,25H,6,11-14H2,1-5H3,(H,21,24)/t15-,16-/m1/s1. The van der Waals surface area contributed by atoms with Crippen LogP contribution in [0.25, 0.3) is 0 Å². The second-order valence-electron chi connectivity index (χ2n) is 7.87. The number of aliphatic hydroxyl groups is 1. The lowest BCUT2D eigenvalue weighted by atomic mass is 10.1. The molecule has 1 fully saturated rings. The van der Waals surface area contributed by atoms with Gasteiger partial charge in [-0.1, -0.05) is 18.2 Å². The van der Waals surface area contributed by atoms with E-state index in [4.69, 9.17) is 4.74 Å². The van der Waals surface area contributed by atoms with Gasteiger partial charge >= 0.3 is 6.03 Å². The lowest BCUT2D eigenvalue weighted by Gasteiger charge is -2.35. The number of carbonyl (C=O) groups is 1. The molecule has 0 radical (unpaired) electrons. The van der Waals surface area contributed by atoms with E-state index >= 15 is 0 Å². The number of likely N-dealkylation sites (N-methyl/N-ethyl adjacent to an activating group) is 1. The smallest absolute Gasteiger partial charge is 0.321 e. The minimum atomic E-state index is -0.924. The van der Waals surface area contributed by atoms with Gasteiger partial charge < -0.3 is 20.1 Å². The zero-order valence-corrected chi connectivity index (χ0v) is 16.7. The molecule has 6 nitrogen and oxygen atoms in total. The maximum Gasteiger partial charge on any atom is 0.321 e. The van der Waals surface area contributed by atoms with Gasteiger partial charge in [0.25, 0.3) is 0 Å². The van der Waals surface area contributed by atoms with Crippen molar-refractivity contribution in [1.82, 2.24) is 9.80 Å². The maximum atomic E-state index is 12.6. The predicted octanol–water partition coefficient (Wildman–Crippen LogP) is 2.92. The van der Waals surface area contributed by atoms with E-state index in [2.05, 4.69) is 24.1 Å². The van der Waals surface area contributed by atoms with Gasteiger partial charge in [-0.2, -0.15) is 0 Å². The first-order valence-electron chi connectivity index (χ1n) is 9.42. The highest BCUT2D eigenvalue weighted by Crippen LogP contribution is 2.21. The van der Waals surface area contributed by atoms with Gasteiger partial charge in [0, 0.05) is 31.9 Å². The average Bonchev–Trinajstić information content (AvgIpc) is 2.52. The predicted molar refractivity (Wildman–Crippen MR) is 104 cm³/mol. The van der Waals surface area contributed by atoms with Gasteiger partial charge in [-0.25, -0.2) is 4.79 Å². The monoisotopic (exact) mass is 363 g/mol. The van der Waals surface area contributed by atoms with Crippen LogP contribution in [0.3, 0.4) is 0 Å². The van der Waals surface area contributed by atoms with Gasteiger partial charge in [-0.3, -0.25) is 4.90 Å². The molecule has 0 saturated carbocycles. The Balaban J connectivity index is 2.07. The van der Waals surface area contributed by atoms with Crippen molar-refractivity contribution in [2.24, 2.45) is 0 Å². The number of morpholine rings is 1. The zero-order valence-electron chi connectivity index (χ0n) is 16.7. The van der Waals surface area contributed by atoms with E-state index < -0.39 is 5.60 Å². The van der Waals surface area contributed by atoms with E-state index in [9.17, 15) is 9.90 Å². The number of ether oxygens (including phenoxy) is 1. The molecule has 0 unspecified atom stereocenters. The summed E-state index contributed by atoms with van der Waals surface area (Å²) < 4.78 is 5.80. The van der Waals surface area contributed by atoms with Gasteiger partial charge in [0.2, 0.25) is 0 Å². The summed E-state index contributed by atoms with van der Waals surface area (Å²) in [4.78, 5) is 16.6. The Morgan fingerprint density at radius 2 is 1.92 bits per heavy atom. The Bertz CT molecular complexity index is 590. The molecule has 0 spiro atoms. The Hall–Kier alpha value is -1.63. The minimum Gasteiger partial charge on any atom is -0.389 e. The molecule has 2 N–H and O–H groups in total. The molecule has 1 aliphatic rings.